The largest absolute Gasteiger partial charge is 0.352 e. The summed E-state index contributed by atoms with van der Waals surface area (Å²) in [6.07, 6.45) is 5.99. The zero-order valence-electron chi connectivity index (χ0n) is 17.1. The number of aromatic nitrogens is 2. The third-order valence-corrected chi connectivity index (χ3v) is 4.76. The standard InChI is InChI=1S/C23H28N4O.2ClH/c1-18(12-13-19-8-4-2-5-9-19)26-23(28)22(24)14-21-16-27(17-25-21)15-20-10-6-3-7-11-20;;/h2-11,16-18,22H,12-15,24H2,1H3,(H,26,28);2*1H/t18?,22-;;/m0../s1. The first kappa shape index (κ1) is 25.7. The minimum Gasteiger partial charge on any atom is -0.352 e. The molecule has 0 aliphatic carbocycles. The Labute approximate surface area is 190 Å². The fourth-order valence-corrected chi connectivity index (χ4v) is 3.16. The number of benzene rings is 2. The zero-order chi connectivity index (χ0) is 19.8. The number of nitrogens with two attached hydrogens (primary N) is 1. The first-order chi connectivity index (χ1) is 13.6. The summed E-state index contributed by atoms with van der Waals surface area (Å²) in [6, 6.07) is 20.0. The molecule has 0 fully saturated rings. The molecule has 0 saturated heterocycles. The van der Waals surface area contributed by atoms with Crippen LogP contribution in [0.2, 0.25) is 0 Å². The third kappa shape index (κ3) is 8.19. The number of carbonyl (C=O) groups is 1. The summed E-state index contributed by atoms with van der Waals surface area (Å²) in [5, 5.41) is 3.02. The second kappa shape index (κ2) is 13.1. The highest BCUT2D eigenvalue weighted by molar-refractivity contribution is 5.85. The first-order valence-electron chi connectivity index (χ1n) is 9.74. The summed E-state index contributed by atoms with van der Waals surface area (Å²) in [4.78, 5) is 16.8. The Bertz CT molecular complexity index is 871. The lowest BCUT2D eigenvalue weighted by atomic mass is 10.1. The van der Waals surface area contributed by atoms with Gasteiger partial charge < -0.3 is 15.6 Å². The van der Waals surface area contributed by atoms with E-state index in [1.54, 1.807) is 6.33 Å². The second-order valence-corrected chi connectivity index (χ2v) is 7.27. The molecule has 0 aliphatic heterocycles. The van der Waals surface area contributed by atoms with Crippen molar-refractivity contribution in [2.75, 3.05) is 0 Å². The lowest BCUT2D eigenvalue weighted by Gasteiger charge is -2.17. The van der Waals surface area contributed by atoms with Crippen molar-refractivity contribution in [2.24, 2.45) is 5.73 Å². The number of imidazole rings is 1. The lowest BCUT2D eigenvalue weighted by Crippen LogP contribution is -2.45. The van der Waals surface area contributed by atoms with E-state index in [0.717, 1.165) is 25.1 Å². The molecule has 7 heteroatoms. The third-order valence-electron chi connectivity index (χ3n) is 4.76. The van der Waals surface area contributed by atoms with Crippen molar-refractivity contribution < 1.29 is 4.79 Å². The van der Waals surface area contributed by atoms with Crippen LogP contribution in [-0.2, 0) is 24.2 Å². The van der Waals surface area contributed by atoms with Crippen LogP contribution in [0.15, 0.2) is 73.2 Å². The Morgan fingerprint density at radius 1 is 1.03 bits per heavy atom. The summed E-state index contributed by atoms with van der Waals surface area (Å²) in [5.74, 6) is -0.127. The smallest absolute Gasteiger partial charge is 0.237 e. The maximum Gasteiger partial charge on any atom is 0.237 e. The van der Waals surface area contributed by atoms with E-state index in [1.165, 1.54) is 11.1 Å². The highest BCUT2D eigenvalue weighted by atomic mass is 35.5. The van der Waals surface area contributed by atoms with Gasteiger partial charge in [-0.1, -0.05) is 60.7 Å². The fourth-order valence-electron chi connectivity index (χ4n) is 3.16. The van der Waals surface area contributed by atoms with E-state index in [2.05, 4.69) is 34.6 Å². The van der Waals surface area contributed by atoms with Crippen LogP contribution in [0.5, 0.6) is 0 Å². The van der Waals surface area contributed by atoms with E-state index < -0.39 is 6.04 Å². The topological polar surface area (TPSA) is 72.9 Å². The Hall–Kier alpha value is -2.34. The number of hydrogen-bond donors (Lipinski definition) is 2. The van der Waals surface area contributed by atoms with Gasteiger partial charge >= 0.3 is 0 Å². The SMILES string of the molecule is CC(CCc1ccccc1)NC(=O)[C@@H](N)Cc1cn(Cc2ccccc2)cn1.Cl.Cl. The maximum absolute atomic E-state index is 12.4. The molecule has 0 spiro atoms. The summed E-state index contributed by atoms with van der Waals surface area (Å²) in [6.45, 7) is 2.77. The number of rotatable bonds is 9. The second-order valence-electron chi connectivity index (χ2n) is 7.27. The number of nitrogens with one attached hydrogen (secondary N) is 1. The summed E-state index contributed by atoms with van der Waals surface area (Å²) in [7, 11) is 0. The molecule has 1 aromatic heterocycles. The van der Waals surface area contributed by atoms with Gasteiger partial charge in [-0.2, -0.15) is 0 Å². The number of hydrogen-bond acceptors (Lipinski definition) is 3. The van der Waals surface area contributed by atoms with E-state index in [9.17, 15) is 4.79 Å². The highest BCUT2D eigenvalue weighted by Crippen LogP contribution is 2.07. The quantitative estimate of drug-likeness (QED) is 0.522. The van der Waals surface area contributed by atoms with Gasteiger partial charge in [0.25, 0.3) is 0 Å². The molecule has 0 bridgehead atoms. The van der Waals surface area contributed by atoms with Gasteiger partial charge in [0.05, 0.1) is 18.1 Å². The molecular formula is C23H30Cl2N4O. The van der Waals surface area contributed by atoms with E-state index in [1.807, 2.05) is 54.1 Å². The predicted molar refractivity (Wildman–Crippen MR) is 126 cm³/mol. The van der Waals surface area contributed by atoms with Gasteiger partial charge in [0, 0.05) is 25.2 Å². The molecule has 1 heterocycles. The number of amides is 1. The van der Waals surface area contributed by atoms with Crippen molar-refractivity contribution in [3.05, 3.63) is 90.0 Å². The molecule has 2 aromatic carbocycles. The zero-order valence-corrected chi connectivity index (χ0v) is 18.7. The molecule has 2 atom stereocenters. The van der Waals surface area contributed by atoms with Crippen molar-refractivity contribution in [3.63, 3.8) is 0 Å². The number of halogens is 2. The Kier molecular flexibility index (Phi) is 11.2. The highest BCUT2D eigenvalue weighted by Gasteiger charge is 2.17. The molecular weight excluding hydrogens is 419 g/mol. The molecule has 1 unspecified atom stereocenters. The summed E-state index contributed by atoms with van der Waals surface area (Å²) in [5.41, 5.74) is 9.42. The van der Waals surface area contributed by atoms with Gasteiger partial charge in [-0.05, 0) is 30.9 Å². The molecule has 3 N–H and O–H groups in total. The fraction of sp³-hybridized carbons (Fsp3) is 0.304. The minimum atomic E-state index is -0.598. The van der Waals surface area contributed by atoms with Crippen molar-refractivity contribution in [1.82, 2.24) is 14.9 Å². The molecule has 0 aliphatic rings. The molecule has 3 aromatic rings. The van der Waals surface area contributed by atoms with Gasteiger partial charge in [-0.25, -0.2) is 4.98 Å². The van der Waals surface area contributed by atoms with Crippen molar-refractivity contribution >= 4 is 30.7 Å². The Morgan fingerprint density at radius 3 is 2.27 bits per heavy atom. The lowest BCUT2D eigenvalue weighted by molar-refractivity contribution is -0.123. The summed E-state index contributed by atoms with van der Waals surface area (Å²) >= 11 is 0. The number of nitrogens with zero attached hydrogens (tertiary/aromatic N) is 2. The minimum absolute atomic E-state index is 0. The monoisotopic (exact) mass is 448 g/mol. The van der Waals surface area contributed by atoms with Crippen molar-refractivity contribution in [1.29, 1.82) is 0 Å². The van der Waals surface area contributed by atoms with Crippen molar-refractivity contribution in [3.8, 4) is 0 Å². The molecule has 1 amide bonds. The maximum atomic E-state index is 12.4. The van der Waals surface area contributed by atoms with E-state index >= 15 is 0 Å². The van der Waals surface area contributed by atoms with Crippen LogP contribution >= 0.6 is 24.8 Å². The number of aryl methyl sites for hydroxylation is 1. The molecule has 0 radical (unpaired) electrons. The number of carbonyl (C=O) groups excluding carboxylic acids is 1. The van der Waals surface area contributed by atoms with Gasteiger partial charge in [-0.15, -0.1) is 24.8 Å². The van der Waals surface area contributed by atoms with E-state index in [0.29, 0.717) is 6.42 Å². The molecule has 30 heavy (non-hydrogen) atoms. The van der Waals surface area contributed by atoms with Crippen LogP contribution in [0.1, 0.15) is 30.2 Å². The predicted octanol–water partition coefficient (Wildman–Crippen LogP) is 3.78. The van der Waals surface area contributed by atoms with Crippen LogP contribution in [-0.4, -0.2) is 27.5 Å². The van der Waals surface area contributed by atoms with Crippen LogP contribution in [0, 0.1) is 0 Å². The molecule has 5 nitrogen and oxygen atoms in total. The molecule has 0 saturated carbocycles. The Morgan fingerprint density at radius 2 is 1.63 bits per heavy atom. The van der Waals surface area contributed by atoms with Gasteiger partial charge in [0.2, 0.25) is 5.91 Å². The first-order valence-corrected chi connectivity index (χ1v) is 9.74. The average Bonchev–Trinajstić information content (AvgIpc) is 3.14. The van der Waals surface area contributed by atoms with Crippen LogP contribution in [0.3, 0.4) is 0 Å². The van der Waals surface area contributed by atoms with Crippen molar-refractivity contribution in [2.45, 2.75) is 44.8 Å². The Balaban J connectivity index is 0.00000225. The average molecular weight is 449 g/mol. The van der Waals surface area contributed by atoms with Gasteiger partial charge in [-0.3, -0.25) is 4.79 Å². The van der Waals surface area contributed by atoms with E-state index in [4.69, 9.17) is 5.73 Å². The molecule has 162 valence electrons. The van der Waals surface area contributed by atoms with Crippen LogP contribution < -0.4 is 11.1 Å². The summed E-state index contributed by atoms with van der Waals surface area (Å²) < 4.78 is 2.01. The van der Waals surface area contributed by atoms with E-state index in [-0.39, 0.29) is 36.8 Å². The van der Waals surface area contributed by atoms with Crippen LogP contribution in [0.4, 0.5) is 0 Å². The van der Waals surface area contributed by atoms with Gasteiger partial charge in [0.15, 0.2) is 0 Å². The van der Waals surface area contributed by atoms with Crippen LogP contribution in [0.25, 0.3) is 0 Å². The van der Waals surface area contributed by atoms with Gasteiger partial charge in [0.1, 0.15) is 0 Å². The normalized spacial score (nSPS) is 12.2. The molecule has 3 rings (SSSR count).